The summed E-state index contributed by atoms with van der Waals surface area (Å²) in [5.74, 6) is 0. The Bertz CT molecular complexity index is 409. The smallest absolute Gasteiger partial charge is 0.131 e. The summed E-state index contributed by atoms with van der Waals surface area (Å²) in [7, 11) is 0. The molecule has 0 aromatic heterocycles. The standard InChI is InChI=1S/C14H19N3O/c15-12-14(16,13-4-2-1-3-5-13)6-7-17-8-10-18-11-9-17/h1-5H,6-11,16H2. The Labute approximate surface area is 108 Å². The van der Waals surface area contributed by atoms with Crippen molar-refractivity contribution in [2.45, 2.75) is 12.0 Å². The molecule has 1 aromatic carbocycles. The quantitative estimate of drug-likeness (QED) is 0.862. The van der Waals surface area contributed by atoms with Crippen LogP contribution in [0.25, 0.3) is 0 Å². The Morgan fingerprint density at radius 1 is 1.28 bits per heavy atom. The monoisotopic (exact) mass is 245 g/mol. The molecule has 1 fully saturated rings. The second-order valence-corrected chi connectivity index (χ2v) is 4.65. The Morgan fingerprint density at radius 2 is 1.94 bits per heavy atom. The van der Waals surface area contributed by atoms with E-state index in [-0.39, 0.29) is 0 Å². The maximum Gasteiger partial charge on any atom is 0.131 e. The van der Waals surface area contributed by atoms with Gasteiger partial charge in [-0.05, 0) is 12.0 Å². The van der Waals surface area contributed by atoms with Gasteiger partial charge in [-0.2, -0.15) is 5.26 Å². The van der Waals surface area contributed by atoms with Crippen molar-refractivity contribution in [3.63, 3.8) is 0 Å². The van der Waals surface area contributed by atoms with Gasteiger partial charge in [-0.15, -0.1) is 0 Å². The van der Waals surface area contributed by atoms with Crippen LogP contribution >= 0.6 is 0 Å². The van der Waals surface area contributed by atoms with Gasteiger partial charge in [-0.25, -0.2) is 0 Å². The summed E-state index contributed by atoms with van der Waals surface area (Å²) in [6.07, 6.45) is 0.646. The molecule has 96 valence electrons. The molecule has 4 heteroatoms. The van der Waals surface area contributed by atoms with Crippen LogP contribution in [-0.4, -0.2) is 37.7 Å². The van der Waals surface area contributed by atoms with E-state index in [0.29, 0.717) is 6.42 Å². The lowest BCUT2D eigenvalue weighted by Crippen LogP contribution is -2.42. The van der Waals surface area contributed by atoms with Crippen LogP contribution in [0.2, 0.25) is 0 Å². The van der Waals surface area contributed by atoms with Crippen LogP contribution < -0.4 is 5.73 Å². The molecule has 1 atom stereocenters. The summed E-state index contributed by atoms with van der Waals surface area (Å²) in [6.45, 7) is 4.24. The number of nitriles is 1. The third-order valence-corrected chi connectivity index (χ3v) is 3.41. The summed E-state index contributed by atoms with van der Waals surface area (Å²) in [4.78, 5) is 2.30. The maximum atomic E-state index is 9.35. The molecule has 2 rings (SSSR count). The lowest BCUT2D eigenvalue weighted by Gasteiger charge is -2.30. The zero-order valence-corrected chi connectivity index (χ0v) is 10.5. The molecule has 1 unspecified atom stereocenters. The van der Waals surface area contributed by atoms with Gasteiger partial charge >= 0.3 is 0 Å². The van der Waals surface area contributed by atoms with Crippen LogP contribution in [-0.2, 0) is 10.3 Å². The largest absolute Gasteiger partial charge is 0.379 e. The van der Waals surface area contributed by atoms with Crippen LogP contribution in [0.5, 0.6) is 0 Å². The molecule has 1 saturated heterocycles. The predicted molar refractivity (Wildman–Crippen MR) is 69.8 cm³/mol. The second kappa shape index (κ2) is 5.96. The van der Waals surface area contributed by atoms with Crippen molar-refractivity contribution in [2.75, 3.05) is 32.8 Å². The van der Waals surface area contributed by atoms with Crippen molar-refractivity contribution < 1.29 is 4.74 Å². The molecule has 0 aliphatic carbocycles. The molecular formula is C14H19N3O. The maximum absolute atomic E-state index is 9.35. The van der Waals surface area contributed by atoms with E-state index in [4.69, 9.17) is 10.5 Å². The topological polar surface area (TPSA) is 62.3 Å². The summed E-state index contributed by atoms with van der Waals surface area (Å²) in [5.41, 5.74) is 6.22. The molecule has 4 nitrogen and oxygen atoms in total. The van der Waals surface area contributed by atoms with Crippen molar-refractivity contribution in [1.82, 2.24) is 4.90 Å². The molecule has 0 spiro atoms. The number of nitrogens with two attached hydrogens (primary N) is 1. The van der Waals surface area contributed by atoms with Gasteiger partial charge in [0.2, 0.25) is 0 Å². The van der Waals surface area contributed by atoms with Crippen LogP contribution in [0, 0.1) is 11.3 Å². The lowest BCUT2D eigenvalue weighted by atomic mass is 9.89. The van der Waals surface area contributed by atoms with E-state index in [1.165, 1.54) is 0 Å². The van der Waals surface area contributed by atoms with Gasteiger partial charge in [-0.3, -0.25) is 4.90 Å². The van der Waals surface area contributed by atoms with E-state index in [1.54, 1.807) is 0 Å². The van der Waals surface area contributed by atoms with Crippen molar-refractivity contribution in [1.29, 1.82) is 5.26 Å². The van der Waals surface area contributed by atoms with E-state index in [2.05, 4.69) is 11.0 Å². The first-order valence-electron chi connectivity index (χ1n) is 6.30. The Kier molecular flexibility index (Phi) is 4.32. The lowest BCUT2D eigenvalue weighted by molar-refractivity contribution is 0.0355. The number of hydrogen-bond acceptors (Lipinski definition) is 4. The van der Waals surface area contributed by atoms with Crippen LogP contribution in [0.3, 0.4) is 0 Å². The molecule has 2 N–H and O–H groups in total. The van der Waals surface area contributed by atoms with Gasteiger partial charge in [0.15, 0.2) is 0 Å². The number of hydrogen-bond donors (Lipinski definition) is 1. The van der Waals surface area contributed by atoms with E-state index < -0.39 is 5.54 Å². The number of rotatable bonds is 4. The molecule has 1 heterocycles. The predicted octanol–water partition coefficient (Wildman–Crippen LogP) is 1.09. The Hall–Kier alpha value is -1.41. The summed E-state index contributed by atoms with van der Waals surface area (Å²) >= 11 is 0. The number of ether oxygens (including phenoxy) is 1. The first-order chi connectivity index (χ1) is 8.74. The first kappa shape index (κ1) is 13.0. The highest BCUT2D eigenvalue weighted by Gasteiger charge is 2.27. The highest BCUT2D eigenvalue weighted by Crippen LogP contribution is 2.21. The van der Waals surface area contributed by atoms with Gasteiger partial charge < -0.3 is 10.5 Å². The average Bonchev–Trinajstić information content (AvgIpc) is 2.47. The van der Waals surface area contributed by atoms with Gasteiger partial charge in [0, 0.05) is 19.6 Å². The van der Waals surface area contributed by atoms with Crippen molar-refractivity contribution in [3.05, 3.63) is 35.9 Å². The highest BCUT2D eigenvalue weighted by molar-refractivity contribution is 5.30. The van der Waals surface area contributed by atoms with E-state index in [1.807, 2.05) is 30.3 Å². The zero-order valence-electron chi connectivity index (χ0n) is 10.5. The van der Waals surface area contributed by atoms with Crippen LogP contribution in [0.15, 0.2) is 30.3 Å². The molecule has 1 aliphatic rings. The minimum atomic E-state index is -0.889. The first-order valence-corrected chi connectivity index (χ1v) is 6.30. The van der Waals surface area contributed by atoms with E-state index in [0.717, 1.165) is 38.4 Å². The summed E-state index contributed by atoms with van der Waals surface area (Å²) in [6, 6.07) is 11.9. The highest BCUT2D eigenvalue weighted by atomic mass is 16.5. The fourth-order valence-corrected chi connectivity index (χ4v) is 2.16. The van der Waals surface area contributed by atoms with Crippen LogP contribution in [0.1, 0.15) is 12.0 Å². The summed E-state index contributed by atoms with van der Waals surface area (Å²) in [5, 5.41) is 9.35. The third kappa shape index (κ3) is 3.08. The van der Waals surface area contributed by atoms with Crippen LogP contribution in [0.4, 0.5) is 0 Å². The summed E-state index contributed by atoms with van der Waals surface area (Å²) < 4.78 is 5.30. The second-order valence-electron chi connectivity index (χ2n) is 4.65. The number of benzene rings is 1. The van der Waals surface area contributed by atoms with Crippen molar-refractivity contribution in [2.24, 2.45) is 5.73 Å². The Morgan fingerprint density at radius 3 is 2.56 bits per heavy atom. The number of nitrogens with zero attached hydrogens (tertiary/aromatic N) is 2. The van der Waals surface area contributed by atoms with Gasteiger partial charge in [0.1, 0.15) is 5.54 Å². The van der Waals surface area contributed by atoms with Gasteiger partial charge in [-0.1, -0.05) is 30.3 Å². The van der Waals surface area contributed by atoms with Crippen molar-refractivity contribution >= 4 is 0 Å². The SMILES string of the molecule is N#CC(N)(CCN1CCOCC1)c1ccccc1. The molecule has 0 amide bonds. The van der Waals surface area contributed by atoms with Gasteiger partial charge in [0.05, 0.1) is 19.3 Å². The molecule has 1 aromatic rings. The molecule has 1 aliphatic heterocycles. The molecule has 0 radical (unpaired) electrons. The third-order valence-electron chi connectivity index (χ3n) is 3.41. The zero-order chi connectivity index (χ0) is 12.8. The normalized spacial score (nSPS) is 20.0. The molecule has 0 bridgehead atoms. The minimum absolute atomic E-state index is 0.646. The molecule has 0 saturated carbocycles. The minimum Gasteiger partial charge on any atom is -0.379 e. The number of morpholine rings is 1. The molecular weight excluding hydrogens is 226 g/mol. The fourth-order valence-electron chi connectivity index (χ4n) is 2.16. The van der Waals surface area contributed by atoms with E-state index in [9.17, 15) is 5.26 Å². The van der Waals surface area contributed by atoms with Crippen molar-refractivity contribution in [3.8, 4) is 6.07 Å². The van der Waals surface area contributed by atoms with Gasteiger partial charge in [0.25, 0.3) is 0 Å². The Balaban J connectivity index is 1.98. The fraction of sp³-hybridized carbons (Fsp3) is 0.500. The van der Waals surface area contributed by atoms with E-state index >= 15 is 0 Å². The molecule has 18 heavy (non-hydrogen) atoms. The average molecular weight is 245 g/mol.